The first kappa shape index (κ1) is 12.0. The minimum absolute atomic E-state index is 0.700. The van der Waals surface area contributed by atoms with E-state index < -0.39 is 0 Å². The molecule has 0 unspecified atom stereocenters. The van der Waals surface area contributed by atoms with Crippen LogP contribution in [0.3, 0.4) is 0 Å². The van der Waals surface area contributed by atoms with Gasteiger partial charge in [0.25, 0.3) is 0 Å². The van der Waals surface area contributed by atoms with Gasteiger partial charge in [-0.1, -0.05) is 6.42 Å². The van der Waals surface area contributed by atoms with Crippen molar-refractivity contribution in [2.75, 3.05) is 33.5 Å². The van der Waals surface area contributed by atoms with E-state index in [1.54, 1.807) is 7.11 Å². The number of hydrogen-bond acceptors (Lipinski definition) is 3. The quantitative estimate of drug-likeness (QED) is 0.634. The van der Waals surface area contributed by atoms with Crippen LogP contribution in [-0.4, -0.2) is 39.5 Å². The predicted octanol–water partition coefficient (Wildman–Crippen LogP) is 1.57. The number of piperidine rings is 1. The van der Waals surface area contributed by atoms with Crippen molar-refractivity contribution in [2.45, 2.75) is 38.1 Å². The molecule has 0 saturated carbocycles. The first-order valence-electron chi connectivity index (χ1n) is 5.73. The standard InChI is InChI=1S/C11H23NO2/c1-13-8-4-9-14-10-6-11-5-2-3-7-12-11/h11-12H,2-10H2,1H3/t11-/m1/s1. The molecule has 1 saturated heterocycles. The van der Waals surface area contributed by atoms with Crippen molar-refractivity contribution in [2.24, 2.45) is 0 Å². The zero-order valence-corrected chi connectivity index (χ0v) is 9.26. The highest BCUT2D eigenvalue weighted by atomic mass is 16.5. The maximum absolute atomic E-state index is 5.52. The third-order valence-electron chi connectivity index (χ3n) is 2.66. The van der Waals surface area contributed by atoms with Crippen molar-refractivity contribution in [3.63, 3.8) is 0 Å². The third-order valence-corrected chi connectivity index (χ3v) is 2.66. The lowest BCUT2D eigenvalue weighted by molar-refractivity contribution is 0.0946. The maximum Gasteiger partial charge on any atom is 0.0487 e. The average molecular weight is 201 g/mol. The van der Waals surface area contributed by atoms with E-state index in [1.165, 1.54) is 25.8 Å². The Kier molecular flexibility index (Phi) is 7.01. The van der Waals surface area contributed by atoms with E-state index in [0.29, 0.717) is 6.04 Å². The van der Waals surface area contributed by atoms with Crippen LogP contribution < -0.4 is 5.32 Å². The minimum Gasteiger partial charge on any atom is -0.385 e. The smallest absolute Gasteiger partial charge is 0.0487 e. The van der Waals surface area contributed by atoms with Gasteiger partial charge in [0, 0.05) is 33.0 Å². The van der Waals surface area contributed by atoms with Gasteiger partial charge in [-0.2, -0.15) is 0 Å². The average Bonchev–Trinajstić information content (AvgIpc) is 2.25. The van der Waals surface area contributed by atoms with Crippen LogP contribution in [0.1, 0.15) is 32.1 Å². The summed E-state index contributed by atoms with van der Waals surface area (Å²) in [5.41, 5.74) is 0. The van der Waals surface area contributed by atoms with Crippen LogP contribution in [0, 0.1) is 0 Å². The number of rotatable bonds is 7. The molecule has 1 N–H and O–H groups in total. The van der Waals surface area contributed by atoms with Crippen molar-refractivity contribution in [3.05, 3.63) is 0 Å². The Morgan fingerprint density at radius 3 is 2.86 bits per heavy atom. The van der Waals surface area contributed by atoms with Gasteiger partial charge in [-0.25, -0.2) is 0 Å². The minimum atomic E-state index is 0.700. The van der Waals surface area contributed by atoms with Crippen molar-refractivity contribution in [1.29, 1.82) is 0 Å². The van der Waals surface area contributed by atoms with Crippen LogP contribution in [0.5, 0.6) is 0 Å². The molecule has 0 aromatic heterocycles. The molecule has 0 aliphatic carbocycles. The van der Waals surface area contributed by atoms with Crippen LogP contribution in [0.15, 0.2) is 0 Å². The molecule has 1 rings (SSSR count). The zero-order chi connectivity index (χ0) is 10.1. The summed E-state index contributed by atoms with van der Waals surface area (Å²) in [6, 6.07) is 0.700. The molecule has 0 radical (unpaired) electrons. The SMILES string of the molecule is COCCCOCC[C@H]1CCCCN1. The molecule has 0 bridgehead atoms. The summed E-state index contributed by atoms with van der Waals surface area (Å²) in [7, 11) is 1.73. The topological polar surface area (TPSA) is 30.5 Å². The monoisotopic (exact) mass is 201 g/mol. The second kappa shape index (κ2) is 8.21. The largest absolute Gasteiger partial charge is 0.385 e. The molecule has 1 fully saturated rings. The highest BCUT2D eigenvalue weighted by Crippen LogP contribution is 2.09. The first-order chi connectivity index (χ1) is 6.93. The van der Waals surface area contributed by atoms with Gasteiger partial charge in [-0.15, -0.1) is 0 Å². The molecule has 3 nitrogen and oxygen atoms in total. The van der Waals surface area contributed by atoms with E-state index in [2.05, 4.69) is 5.32 Å². The Morgan fingerprint density at radius 1 is 1.21 bits per heavy atom. The number of hydrogen-bond donors (Lipinski definition) is 1. The van der Waals surface area contributed by atoms with Crippen molar-refractivity contribution in [3.8, 4) is 0 Å². The molecule has 14 heavy (non-hydrogen) atoms. The Balaban J connectivity index is 1.82. The maximum atomic E-state index is 5.52. The molecule has 84 valence electrons. The summed E-state index contributed by atoms with van der Waals surface area (Å²) >= 11 is 0. The summed E-state index contributed by atoms with van der Waals surface area (Å²) in [5, 5.41) is 3.52. The van der Waals surface area contributed by atoms with E-state index >= 15 is 0 Å². The van der Waals surface area contributed by atoms with Crippen LogP contribution in [0.4, 0.5) is 0 Å². The van der Waals surface area contributed by atoms with Gasteiger partial charge in [-0.05, 0) is 32.2 Å². The number of methoxy groups -OCH3 is 1. The van der Waals surface area contributed by atoms with E-state index in [9.17, 15) is 0 Å². The molecule has 3 heteroatoms. The molecule has 1 heterocycles. The van der Waals surface area contributed by atoms with Crippen molar-refractivity contribution >= 4 is 0 Å². The van der Waals surface area contributed by atoms with Gasteiger partial charge in [-0.3, -0.25) is 0 Å². The van der Waals surface area contributed by atoms with E-state index in [0.717, 1.165) is 32.7 Å². The third kappa shape index (κ3) is 5.58. The fourth-order valence-corrected chi connectivity index (χ4v) is 1.80. The zero-order valence-electron chi connectivity index (χ0n) is 9.26. The molecule has 1 aliphatic heterocycles. The molecule has 1 aliphatic rings. The fourth-order valence-electron chi connectivity index (χ4n) is 1.80. The summed E-state index contributed by atoms with van der Waals surface area (Å²) < 4.78 is 10.5. The van der Waals surface area contributed by atoms with Gasteiger partial charge in [0.15, 0.2) is 0 Å². The summed E-state index contributed by atoms with van der Waals surface area (Å²) in [5.74, 6) is 0. The van der Waals surface area contributed by atoms with Crippen LogP contribution in [0.25, 0.3) is 0 Å². The van der Waals surface area contributed by atoms with E-state index in [4.69, 9.17) is 9.47 Å². The second-order valence-corrected chi connectivity index (χ2v) is 3.89. The van der Waals surface area contributed by atoms with Gasteiger partial charge >= 0.3 is 0 Å². The Hall–Kier alpha value is -0.120. The summed E-state index contributed by atoms with van der Waals surface area (Å²) in [6.07, 6.45) is 6.20. The van der Waals surface area contributed by atoms with Crippen LogP contribution >= 0.6 is 0 Å². The number of ether oxygens (including phenoxy) is 2. The second-order valence-electron chi connectivity index (χ2n) is 3.89. The summed E-state index contributed by atoms with van der Waals surface area (Å²) in [4.78, 5) is 0. The lowest BCUT2D eigenvalue weighted by atomic mass is 10.0. The van der Waals surface area contributed by atoms with Crippen molar-refractivity contribution < 1.29 is 9.47 Å². The Labute approximate surface area is 87.2 Å². The Morgan fingerprint density at radius 2 is 2.14 bits per heavy atom. The van der Waals surface area contributed by atoms with Crippen molar-refractivity contribution in [1.82, 2.24) is 5.32 Å². The molecular weight excluding hydrogens is 178 g/mol. The van der Waals surface area contributed by atoms with Gasteiger partial charge in [0.1, 0.15) is 0 Å². The first-order valence-corrected chi connectivity index (χ1v) is 5.73. The molecule has 1 atom stereocenters. The van der Waals surface area contributed by atoms with E-state index in [1.807, 2.05) is 0 Å². The summed E-state index contributed by atoms with van der Waals surface area (Å²) in [6.45, 7) is 3.72. The number of nitrogens with one attached hydrogen (secondary N) is 1. The molecular formula is C11H23NO2. The predicted molar refractivity (Wildman–Crippen MR) is 57.6 cm³/mol. The lowest BCUT2D eigenvalue weighted by Crippen LogP contribution is -2.34. The fraction of sp³-hybridized carbons (Fsp3) is 1.00. The highest BCUT2D eigenvalue weighted by Gasteiger charge is 2.11. The van der Waals surface area contributed by atoms with Crippen LogP contribution in [0.2, 0.25) is 0 Å². The van der Waals surface area contributed by atoms with Crippen LogP contribution in [-0.2, 0) is 9.47 Å². The molecule has 0 amide bonds. The van der Waals surface area contributed by atoms with Gasteiger partial charge in [0.05, 0.1) is 0 Å². The lowest BCUT2D eigenvalue weighted by Gasteiger charge is -2.23. The highest BCUT2D eigenvalue weighted by molar-refractivity contribution is 4.71. The molecule has 0 spiro atoms. The normalized spacial score (nSPS) is 22.5. The van der Waals surface area contributed by atoms with Gasteiger partial charge < -0.3 is 14.8 Å². The molecule has 0 aromatic carbocycles. The molecule has 0 aromatic rings. The Bertz CT molecular complexity index is 124. The van der Waals surface area contributed by atoms with Gasteiger partial charge in [0.2, 0.25) is 0 Å². The van der Waals surface area contributed by atoms with E-state index in [-0.39, 0.29) is 0 Å².